The molecule has 3 rings (SSSR count). The number of benzene rings is 1. The second-order valence-electron chi connectivity index (χ2n) is 7.33. The van der Waals surface area contributed by atoms with E-state index in [1.54, 1.807) is 29.2 Å². The molecule has 148 valence electrons. The van der Waals surface area contributed by atoms with Gasteiger partial charge in [-0.25, -0.2) is 14.2 Å². The Hall–Kier alpha value is -2.96. The quantitative estimate of drug-likeness (QED) is 0.796. The number of halogens is 1. The molecule has 0 aliphatic carbocycles. The van der Waals surface area contributed by atoms with E-state index < -0.39 is 11.8 Å². The molecule has 2 atom stereocenters. The standard InChI is InChI=1S/C21H24FN3O3/c1-14-10-15(2)12-25(11-14)19(26)13-28-21(27)16-6-5-9-23-20(16)24-18-8-4-3-7-17(18)22/h3-9,14-15H,10-13H2,1-2H3,(H,23,24)/t14-,15+. The van der Waals surface area contributed by atoms with E-state index in [9.17, 15) is 14.0 Å². The molecule has 1 N–H and O–H groups in total. The minimum absolute atomic E-state index is 0.138. The highest BCUT2D eigenvalue weighted by Crippen LogP contribution is 2.23. The zero-order valence-electron chi connectivity index (χ0n) is 16.0. The Labute approximate surface area is 163 Å². The van der Waals surface area contributed by atoms with Crippen LogP contribution in [0.1, 0.15) is 30.6 Å². The highest BCUT2D eigenvalue weighted by atomic mass is 19.1. The smallest absolute Gasteiger partial charge is 0.342 e. The van der Waals surface area contributed by atoms with Gasteiger partial charge in [-0.1, -0.05) is 26.0 Å². The Morgan fingerprint density at radius 2 is 1.89 bits per heavy atom. The lowest BCUT2D eigenvalue weighted by Crippen LogP contribution is -2.44. The number of piperidine rings is 1. The van der Waals surface area contributed by atoms with Gasteiger partial charge in [0.2, 0.25) is 0 Å². The Morgan fingerprint density at radius 3 is 2.61 bits per heavy atom. The van der Waals surface area contributed by atoms with Gasteiger partial charge in [0.15, 0.2) is 6.61 Å². The first kappa shape index (κ1) is 19.8. The van der Waals surface area contributed by atoms with Crippen LogP contribution in [0.5, 0.6) is 0 Å². The van der Waals surface area contributed by atoms with Crippen molar-refractivity contribution in [3.63, 3.8) is 0 Å². The minimum Gasteiger partial charge on any atom is -0.452 e. The highest BCUT2D eigenvalue weighted by molar-refractivity contribution is 5.96. The van der Waals surface area contributed by atoms with Crippen LogP contribution >= 0.6 is 0 Å². The largest absolute Gasteiger partial charge is 0.452 e. The number of nitrogens with one attached hydrogen (secondary N) is 1. The number of rotatable bonds is 5. The first-order valence-electron chi connectivity index (χ1n) is 9.35. The van der Waals surface area contributed by atoms with Crippen molar-refractivity contribution in [2.24, 2.45) is 11.8 Å². The summed E-state index contributed by atoms with van der Waals surface area (Å²) in [7, 11) is 0. The summed E-state index contributed by atoms with van der Waals surface area (Å²) in [5.74, 6) is -0.324. The van der Waals surface area contributed by atoms with Crippen LogP contribution in [-0.2, 0) is 9.53 Å². The molecular weight excluding hydrogens is 361 g/mol. The van der Waals surface area contributed by atoms with Gasteiger partial charge in [-0.2, -0.15) is 0 Å². The predicted molar refractivity (Wildman–Crippen MR) is 104 cm³/mol. The number of aromatic nitrogens is 1. The number of likely N-dealkylation sites (tertiary alicyclic amines) is 1. The lowest BCUT2D eigenvalue weighted by Gasteiger charge is -2.34. The third-order valence-electron chi connectivity index (χ3n) is 4.70. The summed E-state index contributed by atoms with van der Waals surface area (Å²) >= 11 is 0. The van der Waals surface area contributed by atoms with Crippen molar-refractivity contribution in [3.05, 3.63) is 54.0 Å². The third-order valence-corrected chi connectivity index (χ3v) is 4.70. The van der Waals surface area contributed by atoms with Crippen molar-refractivity contribution in [2.75, 3.05) is 25.0 Å². The van der Waals surface area contributed by atoms with E-state index in [0.717, 1.165) is 6.42 Å². The molecule has 1 aromatic carbocycles. The predicted octanol–water partition coefficient (Wildman–Crippen LogP) is 3.63. The number of carbonyl (C=O) groups excluding carboxylic acids is 2. The van der Waals surface area contributed by atoms with Gasteiger partial charge in [0.25, 0.3) is 5.91 Å². The summed E-state index contributed by atoms with van der Waals surface area (Å²) in [6.45, 7) is 5.24. The summed E-state index contributed by atoms with van der Waals surface area (Å²) in [5.41, 5.74) is 0.335. The Bertz CT molecular complexity index is 848. The van der Waals surface area contributed by atoms with Crippen molar-refractivity contribution >= 4 is 23.4 Å². The maximum atomic E-state index is 13.9. The molecule has 1 aromatic heterocycles. The van der Waals surface area contributed by atoms with Crippen LogP contribution in [-0.4, -0.2) is 41.5 Å². The number of nitrogens with zero attached hydrogens (tertiary/aromatic N) is 2. The summed E-state index contributed by atoms with van der Waals surface area (Å²) in [6.07, 6.45) is 2.58. The van der Waals surface area contributed by atoms with Crippen LogP contribution in [0, 0.1) is 17.7 Å². The summed E-state index contributed by atoms with van der Waals surface area (Å²) in [6, 6.07) is 9.20. The second kappa shape index (κ2) is 8.82. The fourth-order valence-electron chi connectivity index (χ4n) is 3.52. The maximum Gasteiger partial charge on any atom is 0.342 e. The third kappa shape index (κ3) is 4.85. The van der Waals surface area contributed by atoms with Crippen molar-refractivity contribution in [1.82, 2.24) is 9.88 Å². The molecule has 2 heterocycles. The van der Waals surface area contributed by atoms with E-state index in [-0.39, 0.29) is 29.6 Å². The Morgan fingerprint density at radius 1 is 1.18 bits per heavy atom. The van der Waals surface area contributed by atoms with Crippen LogP contribution in [0.4, 0.5) is 15.9 Å². The zero-order chi connectivity index (χ0) is 20.1. The molecule has 2 aromatic rings. The molecule has 7 heteroatoms. The first-order chi connectivity index (χ1) is 13.4. The average molecular weight is 385 g/mol. The monoisotopic (exact) mass is 385 g/mol. The van der Waals surface area contributed by atoms with Crippen LogP contribution in [0.2, 0.25) is 0 Å². The van der Waals surface area contributed by atoms with Crippen LogP contribution in [0.3, 0.4) is 0 Å². The molecule has 1 aliphatic heterocycles. The molecule has 0 bridgehead atoms. The normalized spacial score (nSPS) is 19.2. The van der Waals surface area contributed by atoms with E-state index in [1.807, 2.05) is 0 Å². The lowest BCUT2D eigenvalue weighted by molar-refractivity contribution is -0.137. The number of carbonyl (C=O) groups is 2. The van der Waals surface area contributed by atoms with Gasteiger partial charge in [-0.05, 0) is 42.5 Å². The first-order valence-corrected chi connectivity index (χ1v) is 9.35. The maximum absolute atomic E-state index is 13.9. The molecule has 0 unspecified atom stereocenters. The number of hydrogen-bond donors (Lipinski definition) is 1. The molecule has 1 amide bonds. The molecule has 1 fully saturated rings. The Kier molecular flexibility index (Phi) is 6.23. The topological polar surface area (TPSA) is 71.5 Å². The van der Waals surface area contributed by atoms with Crippen molar-refractivity contribution in [1.29, 1.82) is 0 Å². The van der Waals surface area contributed by atoms with Gasteiger partial charge in [-0.3, -0.25) is 4.79 Å². The fourth-order valence-corrected chi connectivity index (χ4v) is 3.52. The van der Waals surface area contributed by atoms with Gasteiger partial charge in [0, 0.05) is 19.3 Å². The molecule has 0 saturated carbocycles. The Balaban J connectivity index is 1.65. The summed E-state index contributed by atoms with van der Waals surface area (Å²) in [5, 5.41) is 2.80. The van der Waals surface area contributed by atoms with Gasteiger partial charge in [-0.15, -0.1) is 0 Å². The second-order valence-corrected chi connectivity index (χ2v) is 7.33. The fraction of sp³-hybridized carbons (Fsp3) is 0.381. The van der Waals surface area contributed by atoms with E-state index in [0.29, 0.717) is 24.9 Å². The van der Waals surface area contributed by atoms with E-state index in [2.05, 4.69) is 24.1 Å². The van der Waals surface area contributed by atoms with Crippen LogP contribution in [0.25, 0.3) is 0 Å². The van der Waals surface area contributed by atoms with Gasteiger partial charge >= 0.3 is 5.97 Å². The average Bonchev–Trinajstić information content (AvgIpc) is 2.67. The molecular formula is C21H24FN3O3. The molecule has 1 aliphatic rings. The number of amides is 1. The molecule has 0 radical (unpaired) electrons. The van der Waals surface area contributed by atoms with Crippen molar-refractivity contribution < 1.29 is 18.7 Å². The van der Waals surface area contributed by atoms with Crippen LogP contribution in [0.15, 0.2) is 42.6 Å². The van der Waals surface area contributed by atoms with E-state index in [1.165, 1.54) is 18.3 Å². The SMILES string of the molecule is C[C@@H]1C[C@H](C)CN(C(=O)COC(=O)c2cccnc2Nc2ccccc2F)C1. The number of para-hydroxylation sites is 1. The number of ether oxygens (including phenoxy) is 1. The molecule has 28 heavy (non-hydrogen) atoms. The van der Waals surface area contributed by atoms with E-state index >= 15 is 0 Å². The zero-order valence-corrected chi connectivity index (χ0v) is 16.0. The number of hydrogen-bond acceptors (Lipinski definition) is 5. The molecule has 0 spiro atoms. The number of pyridine rings is 1. The lowest BCUT2D eigenvalue weighted by atomic mass is 9.92. The van der Waals surface area contributed by atoms with Crippen molar-refractivity contribution in [3.8, 4) is 0 Å². The number of anilines is 2. The van der Waals surface area contributed by atoms with E-state index in [4.69, 9.17) is 4.74 Å². The van der Waals surface area contributed by atoms with Crippen molar-refractivity contribution in [2.45, 2.75) is 20.3 Å². The highest BCUT2D eigenvalue weighted by Gasteiger charge is 2.26. The van der Waals surface area contributed by atoms with Gasteiger partial charge < -0.3 is 15.0 Å². The summed E-state index contributed by atoms with van der Waals surface area (Å²) < 4.78 is 19.1. The van der Waals surface area contributed by atoms with Gasteiger partial charge in [0.1, 0.15) is 17.2 Å². The molecule has 1 saturated heterocycles. The minimum atomic E-state index is -0.682. The van der Waals surface area contributed by atoms with Crippen LogP contribution < -0.4 is 5.32 Å². The number of esters is 1. The molecule has 6 nitrogen and oxygen atoms in total. The summed E-state index contributed by atoms with van der Waals surface area (Å²) in [4.78, 5) is 30.7. The van der Waals surface area contributed by atoms with Gasteiger partial charge in [0.05, 0.1) is 5.69 Å².